The molecule has 1 unspecified atom stereocenters. The molecule has 6 nitrogen and oxygen atoms in total. The zero-order valence-electron chi connectivity index (χ0n) is 10.3. The number of non-ortho nitro benzene ring substituents is 1. The molecule has 0 aromatic heterocycles. The zero-order chi connectivity index (χ0) is 15.2. The van der Waals surface area contributed by atoms with Gasteiger partial charge in [-0.25, -0.2) is 4.55 Å². The predicted octanol–water partition coefficient (Wildman–Crippen LogP) is 2.90. The highest BCUT2D eigenvalue weighted by Crippen LogP contribution is 2.48. The number of nitro benzene ring substituents is 1. The van der Waals surface area contributed by atoms with E-state index in [-0.39, 0.29) is 5.69 Å². The summed E-state index contributed by atoms with van der Waals surface area (Å²) in [5, 5.41) is 10.8. The van der Waals surface area contributed by atoms with E-state index < -0.39 is 24.0 Å². The summed E-state index contributed by atoms with van der Waals surface area (Å²) < 4.78 is 33.1. The molecule has 0 amide bonds. The molecule has 9 heteroatoms. The molecule has 0 fully saturated rings. The summed E-state index contributed by atoms with van der Waals surface area (Å²) in [7, 11) is -5.89. The first-order valence-electron chi connectivity index (χ1n) is 5.65. The Morgan fingerprint density at radius 1 is 1.10 bits per heavy atom. The normalized spacial score (nSPS) is 16.9. The molecule has 1 N–H and O–H groups in total. The van der Waals surface area contributed by atoms with Gasteiger partial charge in [0, 0.05) is 18.2 Å². The molecule has 21 heavy (non-hydrogen) atoms. The van der Waals surface area contributed by atoms with E-state index in [9.17, 15) is 23.1 Å². The lowest BCUT2D eigenvalue weighted by Crippen LogP contribution is -2.19. The van der Waals surface area contributed by atoms with E-state index in [2.05, 4.69) is 0 Å². The van der Waals surface area contributed by atoms with Crippen LogP contribution in [0.2, 0.25) is 0 Å². The van der Waals surface area contributed by atoms with Crippen LogP contribution in [0.4, 0.5) is 5.69 Å². The van der Waals surface area contributed by atoms with Crippen molar-refractivity contribution in [2.45, 2.75) is 19.6 Å². The highest BCUT2D eigenvalue weighted by atomic mass is 33.2. The molecule has 2 aromatic carbocycles. The average Bonchev–Trinajstić information content (AvgIpc) is 2.42. The Labute approximate surface area is 126 Å². The number of nitrogens with zero attached hydrogens (tertiary/aromatic N) is 1. The van der Waals surface area contributed by atoms with Crippen molar-refractivity contribution in [2.75, 3.05) is 0 Å². The molecular weight excluding hydrogens is 334 g/mol. The van der Waals surface area contributed by atoms with Crippen LogP contribution in [0.5, 0.6) is 0 Å². The maximum atomic E-state index is 11.8. The van der Waals surface area contributed by atoms with Crippen LogP contribution in [0, 0.1) is 10.1 Å². The van der Waals surface area contributed by atoms with Gasteiger partial charge in [0.15, 0.2) is 9.79 Å². The molecule has 2 aromatic rings. The van der Waals surface area contributed by atoms with Crippen molar-refractivity contribution in [3.63, 3.8) is 0 Å². The predicted molar refractivity (Wildman–Crippen MR) is 79.1 cm³/mol. The van der Waals surface area contributed by atoms with Crippen LogP contribution in [-0.4, -0.2) is 17.9 Å². The molecular formula is C12H8NO5S3+. The van der Waals surface area contributed by atoms with Gasteiger partial charge < -0.3 is 0 Å². The quantitative estimate of drug-likeness (QED) is 0.296. The van der Waals surface area contributed by atoms with Gasteiger partial charge in [-0.2, -0.15) is 0 Å². The summed E-state index contributed by atoms with van der Waals surface area (Å²) in [5.74, 6) is 0. The molecule has 3 rings (SSSR count). The van der Waals surface area contributed by atoms with Crippen LogP contribution in [-0.2, 0) is 19.1 Å². The summed E-state index contributed by atoms with van der Waals surface area (Å²) in [5.41, 5.74) is -0.112. The molecule has 0 radical (unpaired) electrons. The van der Waals surface area contributed by atoms with Gasteiger partial charge in [0.2, 0.25) is 9.93 Å². The molecule has 0 saturated heterocycles. The number of benzene rings is 2. The second kappa shape index (κ2) is 5.02. The largest absolute Gasteiger partial charge is 0.458 e. The zero-order valence-corrected chi connectivity index (χ0v) is 12.7. The van der Waals surface area contributed by atoms with Crippen LogP contribution in [0.3, 0.4) is 0 Å². The molecule has 0 saturated carbocycles. The molecule has 1 heterocycles. The van der Waals surface area contributed by atoms with Gasteiger partial charge in [-0.15, -0.1) is 8.42 Å². The standard InChI is InChI=1S/C12H7NO5S3/c14-13(15)8-5-6-12-10(7-8)19-9-3-1-2-4-11(9)20(12)21(16,17)18/h1-7H/p+1. The van der Waals surface area contributed by atoms with Gasteiger partial charge in [0.05, 0.1) is 14.7 Å². The molecule has 0 spiro atoms. The summed E-state index contributed by atoms with van der Waals surface area (Å²) in [6, 6.07) is 10.8. The smallest absolute Gasteiger partial charge is 0.258 e. The number of hydrogen-bond acceptors (Lipinski definition) is 5. The number of nitro groups is 1. The molecule has 1 atom stereocenters. The Morgan fingerprint density at radius 3 is 2.43 bits per heavy atom. The van der Waals surface area contributed by atoms with Crippen LogP contribution >= 0.6 is 11.8 Å². The summed E-state index contributed by atoms with van der Waals surface area (Å²) in [4.78, 5) is 12.3. The first kappa shape index (κ1) is 14.4. The molecule has 1 aliphatic rings. The van der Waals surface area contributed by atoms with Gasteiger partial charge in [0.25, 0.3) is 5.69 Å². The highest BCUT2D eigenvalue weighted by molar-refractivity contribution is 8.67. The van der Waals surface area contributed by atoms with Crippen LogP contribution < -0.4 is 0 Å². The van der Waals surface area contributed by atoms with Gasteiger partial charge in [-0.3, -0.25) is 10.1 Å². The Balaban J connectivity index is 2.26. The van der Waals surface area contributed by atoms with E-state index in [0.717, 1.165) is 0 Å². The van der Waals surface area contributed by atoms with Gasteiger partial charge in [-0.05, 0) is 12.1 Å². The van der Waals surface area contributed by atoms with Gasteiger partial charge in [0.1, 0.15) is 0 Å². The monoisotopic (exact) mass is 342 g/mol. The van der Waals surface area contributed by atoms with E-state index in [1.807, 2.05) is 0 Å². The molecule has 1 aliphatic heterocycles. The topological polar surface area (TPSA) is 97.5 Å². The van der Waals surface area contributed by atoms with Gasteiger partial charge >= 0.3 is 9.15 Å². The van der Waals surface area contributed by atoms with Crippen molar-refractivity contribution in [3.8, 4) is 0 Å². The number of rotatable bonds is 2. The second-order valence-electron chi connectivity index (χ2n) is 4.13. The van der Waals surface area contributed by atoms with E-state index in [0.29, 0.717) is 19.6 Å². The Morgan fingerprint density at radius 2 is 1.76 bits per heavy atom. The SMILES string of the molecule is O=[N+]([O-])c1ccc2c(c1)Sc1ccccc1[S+]2S(=O)(=O)O. The number of fused-ring (bicyclic) bond motifs is 2. The molecule has 108 valence electrons. The van der Waals surface area contributed by atoms with Gasteiger partial charge in [-0.1, -0.05) is 23.9 Å². The fourth-order valence-electron chi connectivity index (χ4n) is 1.99. The minimum absolute atomic E-state index is 0.112. The third-order valence-corrected chi connectivity index (χ3v) is 8.48. The van der Waals surface area contributed by atoms with Crippen molar-refractivity contribution in [1.82, 2.24) is 0 Å². The lowest BCUT2D eigenvalue weighted by molar-refractivity contribution is -0.385. The maximum absolute atomic E-state index is 11.8. The maximum Gasteiger partial charge on any atom is 0.458 e. The fourth-order valence-corrected chi connectivity index (χ4v) is 7.77. The van der Waals surface area contributed by atoms with Crippen molar-refractivity contribution >= 4 is 36.5 Å². The third kappa shape index (κ3) is 2.53. The van der Waals surface area contributed by atoms with Crippen molar-refractivity contribution in [3.05, 3.63) is 52.6 Å². The minimum Gasteiger partial charge on any atom is -0.258 e. The minimum atomic E-state index is -4.34. The van der Waals surface area contributed by atoms with Crippen LogP contribution in [0.1, 0.15) is 0 Å². The van der Waals surface area contributed by atoms with E-state index in [4.69, 9.17) is 0 Å². The Kier molecular flexibility index (Phi) is 3.44. The number of hydrogen-bond donors (Lipinski definition) is 1. The van der Waals surface area contributed by atoms with E-state index in [1.165, 1.54) is 30.0 Å². The van der Waals surface area contributed by atoms with E-state index >= 15 is 0 Å². The lowest BCUT2D eigenvalue weighted by Gasteiger charge is -2.15. The van der Waals surface area contributed by atoms with Crippen molar-refractivity contribution in [1.29, 1.82) is 0 Å². The van der Waals surface area contributed by atoms with Crippen LogP contribution in [0.25, 0.3) is 0 Å². The van der Waals surface area contributed by atoms with E-state index in [1.54, 1.807) is 24.3 Å². The fraction of sp³-hybridized carbons (Fsp3) is 0. The lowest BCUT2D eigenvalue weighted by atomic mass is 10.3. The van der Waals surface area contributed by atoms with Crippen LogP contribution in [0.15, 0.2) is 62.0 Å². The van der Waals surface area contributed by atoms with Crippen molar-refractivity contribution in [2.24, 2.45) is 0 Å². The average molecular weight is 342 g/mol. The Bertz CT molecular complexity index is 850. The third-order valence-electron chi connectivity index (χ3n) is 2.82. The second-order valence-corrected chi connectivity index (χ2v) is 9.75. The van der Waals surface area contributed by atoms with Crippen molar-refractivity contribution < 1.29 is 17.9 Å². The first-order chi connectivity index (χ1) is 9.88. The summed E-state index contributed by atoms with van der Waals surface area (Å²) >= 11 is 1.26. The summed E-state index contributed by atoms with van der Waals surface area (Å²) in [6.07, 6.45) is 0. The summed E-state index contributed by atoms with van der Waals surface area (Å²) in [6.45, 7) is 0. The highest BCUT2D eigenvalue weighted by Gasteiger charge is 2.46. The molecule has 0 aliphatic carbocycles. The molecule has 0 bridgehead atoms. The first-order valence-corrected chi connectivity index (χ1v) is 9.65. The Hall–Kier alpha value is -1.55.